The number of likely N-dealkylation sites (N-methyl/N-ethyl adjacent to an activating group) is 2. The summed E-state index contributed by atoms with van der Waals surface area (Å²) in [7, 11) is 3.25. The molecule has 0 radical (unpaired) electrons. The molecule has 0 saturated carbocycles. The molecule has 0 aromatic heterocycles. The number of benzene rings is 2. The maximum atomic E-state index is 12.9. The molecule has 7 heteroatoms. The van der Waals surface area contributed by atoms with Crippen LogP contribution in [0, 0.1) is 0 Å². The first-order chi connectivity index (χ1) is 14.3. The lowest BCUT2D eigenvalue weighted by molar-refractivity contribution is -0.144. The highest BCUT2D eigenvalue weighted by atomic mass is 16.4. The van der Waals surface area contributed by atoms with Crippen molar-refractivity contribution in [2.45, 2.75) is 37.9 Å². The summed E-state index contributed by atoms with van der Waals surface area (Å²) in [6.07, 6.45) is 0.653. The van der Waals surface area contributed by atoms with Crippen molar-refractivity contribution < 1.29 is 19.5 Å². The zero-order valence-corrected chi connectivity index (χ0v) is 17.5. The van der Waals surface area contributed by atoms with Crippen LogP contribution in [-0.4, -0.2) is 60.0 Å². The molecule has 0 aliphatic carbocycles. The van der Waals surface area contributed by atoms with Crippen LogP contribution in [-0.2, 0) is 27.2 Å². The number of carboxylic acids is 1. The molecule has 0 heterocycles. The molecule has 3 N–H and O–H groups in total. The molecule has 0 unspecified atom stereocenters. The maximum absolute atomic E-state index is 12.9. The van der Waals surface area contributed by atoms with Crippen molar-refractivity contribution >= 4 is 17.8 Å². The van der Waals surface area contributed by atoms with Crippen LogP contribution in [0.4, 0.5) is 0 Å². The van der Waals surface area contributed by atoms with E-state index in [9.17, 15) is 19.5 Å². The van der Waals surface area contributed by atoms with Crippen molar-refractivity contribution in [1.29, 1.82) is 0 Å². The van der Waals surface area contributed by atoms with E-state index in [2.05, 4.69) is 10.6 Å². The lowest BCUT2D eigenvalue weighted by Gasteiger charge is -2.29. The van der Waals surface area contributed by atoms with Gasteiger partial charge in [0.25, 0.3) is 0 Å². The fourth-order valence-electron chi connectivity index (χ4n) is 3.12. The predicted octanol–water partition coefficient (Wildman–Crippen LogP) is 1.48. The van der Waals surface area contributed by atoms with Crippen LogP contribution in [0.1, 0.15) is 18.1 Å². The number of carboxylic acid groups (broad SMARTS) is 1. The number of hydrogen-bond donors (Lipinski definition) is 3. The average Bonchev–Trinajstić information content (AvgIpc) is 2.76. The molecule has 3 atom stereocenters. The molecule has 0 spiro atoms. The van der Waals surface area contributed by atoms with Crippen molar-refractivity contribution in [3.05, 3.63) is 71.8 Å². The third-order valence-electron chi connectivity index (χ3n) is 5.13. The number of amides is 2. The number of aliphatic carboxylic acids is 1. The van der Waals surface area contributed by atoms with Gasteiger partial charge in [-0.1, -0.05) is 60.7 Å². The molecule has 2 aromatic carbocycles. The molecule has 2 rings (SSSR count). The summed E-state index contributed by atoms with van der Waals surface area (Å²) in [5.41, 5.74) is 1.81. The lowest BCUT2D eigenvalue weighted by atomic mass is 10.0. The minimum Gasteiger partial charge on any atom is -0.480 e. The quantitative estimate of drug-likeness (QED) is 0.550. The van der Waals surface area contributed by atoms with Gasteiger partial charge in [0.15, 0.2) is 0 Å². The van der Waals surface area contributed by atoms with Gasteiger partial charge in [-0.2, -0.15) is 0 Å². The molecule has 2 amide bonds. The maximum Gasteiger partial charge on any atom is 0.326 e. The van der Waals surface area contributed by atoms with E-state index >= 15 is 0 Å². The number of hydrogen-bond acceptors (Lipinski definition) is 4. The van der Waals surface area contributed by atoms with Crippen molar-refractivity contribution in [3.8, 4) is 0 Å². The zero-order valence-electron chi connectivity index (χ0n) is 17.5. The van der Waals surface area contributed by atoms with Crippen molar-refractivity contribution in [3.63, 3.8) is 0 Å². The molecule has 0 fully saturated rings. The Balaban J connectivity index is 2.01. The summed E-state index contributed by atoms with van der Waals surface area (Å²) in [4.78, 5) is 38.5. The standard InChI is InChI=1S/C23H29N3O4/c1-16(21(27)25-20(23(29)30)15-18-12-8-5-9-13-18)26(3)22(28)19(24-2)14-17-10-6-4-7-11-17/h4-13,16,19-20,24H,14-15H2,1-3H3,(H,25,27)(H,29,30)/t16-,19-,20-/m0/s1. The van der Waals surface area contributed by atoms with E-state index in [1.807, 2.05) is 60.7 Å². The molecule has 7 nitrogen and oxygen atoms in total. The zero-order chi connectivity index (χ0) is 22.1. The monoisotopic (exact) mass is 411 g/mol. The van der Waals surface area contributed by atoms with Gasteiger partial charge in [0.2, 0.25) is 11.8 Å². The average molecular weight is 412 g/mol. The predicted molar refractivity (Wildman–Crippen MR) is 115 cm³/mol. The van der Waals surface area contributed by atoms with Crippen LogP contribution < -0.4 is 10.6 Å². The Kier molecular flexibility index (Phi) is 8.55. The van der Waals surface area contributed by atoms with Crippen LogP contribution >= 0.6 is 0 Å². The molecule has 160 valence electrons. The van der Waals surface area contributed by atoms with Gasteiger partial charge in [0.05, 0.1) is 6.04 Å². The van der Waals surface area contributed by atoms with Crippen LogP contribution in [0.25, 0.3) is 0 Å². The van der Waals surface area contributed by atoms with Gasteiger partial charge >= 0.3 is 5.97 Å². The third kappa shape index (κ3) is 6.42. The van der Waals surface area contributed by atoms with E-state index < -0.39 is 30.0 Å². The summed E-state index contributed by atoms with van der Waals surface area (Å²) in [5, 5.41) is 15.1. The Labute approximate surface area is 177 Å². The van der Waals surface area contributed by atoms with Crippen LogP contribution in [0.5, 0.6) is 0 Å². The molecular weight excluding hydrogens is 382 g/mol. The van der Waals surface area contributed by atoms with E-state index in [1.54, 1.807) is 21.0 Å². The fourth-order valence-corrected chi connectivity index (χ4v) is 3.12. The van der Waals surface area contributed by atoms with E-state index in [0.717, 1.165) is 11.1 Å². The third-order valence-corrected chi connectivity index (χ3v) is 5.13. The normalized spacial score (nSPS) is 13.7. The number of carbonyl (C=O) groups excluding carboxylic acids is 2. The largest absolute Gasteiger partial charge is 0.480 e. The molecule has 30 heavy (non-hydrogen) atoms. The number of rotatable bonds is 10. The smallest absolute Gasteiger partial charge is 0.326 e. The van der Waals surface area contributed by atoms with Crippen LogP contribution in [0.15, 0.2) is 60.7 Å². The second-order valence-corrected chi connectivity index (χ2v) is 7.25. The van der Waals surface area contributed by atoms with E-state index in [0.29, 0.717) is 6.42 Å². The molecular formula is C23H29N3O4. The van der Waals surface area contributed by atoms with Crippen molar-refractivity contribution in [2.75, 3.05) is 14.1 Å². The lowest BCUT2D eigenvalue weighted by Crippen LogP contribution is -2.55. The first kappa shape index (κ1) is 23.1. The minimum absolute atomic E-state index is 0.166. The van der Waals surface area contributed by atoms with Crippen LogP contribution in [0.2, 0.25) is 0 Å². The van der Waals surface area contributed by atoms with Gasteiger partial charge in [-0.3, -0.25) is 9.59 Å². The van der Waals surface area contributed by atoms with Crippen molar-refractivity contribution in [2.24, 2.45) is 0 Å². The fraction of sp³-hybridized carbons (Fsp3) is 0.348. The molecule has 0 aliphatic rings. The topological polar surface area (TPSA) is 98.7 Å². The van der Waals surface area contributed by atoms with Gasteiger partial charge < -0.3 is 20.6 Å². The van der Waals surface area contributed by atoms with E-state index in [4.69, 9.17) is 0 Å². The Morgan fingerprint density at radius 3 is 1.80 bits per heavy atom. The van der Waals surface area contributed by atoms with Crippen molar-refractivity contribution in [1.82, 2.24) is 15.5 Å². The van der Waals surface area contributed by atoms with Gasteiger partial charge in [-0.05, 0) is 31.5 Å². The summed E-state index contributed by atoms with van der Waals surface area (Å²) in [5.74, 6) is -1.87. The first-order valence-corrected chi connectivity index (χ1v) is 9.88. The van der Waals surface area contributed by atoms with Gasteiger partial charge in [0.1, 0.15) is 12.1 Å². The number of carbonyl (C=O) groups is 3. The minimum atomic E-state index is -1.12. The van der Waals surface area contributed by atoms with E-state index in [-0.39, 0.29) is 12.3 Å². The first-order valence-electron chi connectivity index (χ1n) is 9.88. The molecule has 0 aliphatic heterocycles. The van der Waals surface area contributed by atoms with Gasteiger partial charge in [-0.25, -0.2) is 4.79 Å². The molecule has 2 aromatic rings. The second-order valence-electron chi connectivity index (χ2n) is 7.25. The Bertz CT molecular complexity index is 842. The summed E-state index contributed by atoms with van der Waals surface area (Å²) < 4.78 is 0. The SMILES string of the molecule is CN[C@@H](Cc1ccccc1)C(=O)N(C)[C@@H](C)C(=O)N[C@@H](Cc1ccccc1)C(=O)O. The Morgan fingerprint density at radius 1 is 0.900 bits per heavy atom. The summed E-state index contributed by atoms with van der Waals surface area (Å²) in [6.45, 7) is 1.59. The highest BCUT2D eigenvalue weighted by Crippen LogP contribution is 2.09. The summed E-state index contributed by atoms with van der Waals surface area (Å²) in [6, 6.07) is 16.3. The highest BCUT2D eigenvalue weighted by Gasteiger charge is 2.30. The van der Waals surface area contributed by atoms with Gasteiger partial charge in [0, 0.05) is 13.5 Å². The summed E-state index contributed by atoms with van der Waals surface area (Å²) >= 11 is 0. The molecule has 0 bridgehead atoms. The Hall–Kier alpha value is -3.19. The highest BCUT2D eigenvalue weighted by molar-refractivity contribution is 5.91. The van der Waals surface area contributed by atoms with Crippen LogP contribution in [0.3, 0.4) is 0 Å². The molecule has 0 saturated heterocycles. The second kappa shape index (κ2) is 11.1. The van der Waals surface area contributed by atoms with E-state index in [1.165, 1.54) is 4.90 Å². The van der Waals surface area contributed by atoms with Gasteiger partial charge in [-0.15, -0.1) is 0 Å². The Morgan fingerprint density at radius 2 is 1.37 bits per heavy atom. The number of nitrogens with one attached hydrogen (secondary N) is 2. The number of nitrogens with zero attached hydrogens (tertiary/aromatic N) is 1.